The third kappa shape index (κ3) is 1.90. The molecule has 0 aliphatic heterocycles. The Hall–Kier alpha value is -1.29. The minimum atomic E-state index is 0.549. The minimum Gasteiger partial charge on any atom is -0.411 e. The fraction of sp³-hybridized carbons (Fsp3) is 0.273. The van der Waals surface area contributed by atoms with Crippen LogP contribution in [0.25, 0.3) is 0 Å². The van der Waals surface area contributed by atoms with E-state index in [-0.39, 0.29) is 0 Å². The van der Waals surface area contributed by atoms with Gasteiger partial charge in [0, 0.05) is 10.5 Å². The summed E-state index contributed by atoms with van der Waals surface area (Å²) >= 11 is 1.41. The van der Waals surface area contributed by atoms with Crippen LogP contribution >= 0.6 is 11.8 Å². The van der Waals surface area contributed by atoms with Crippen molar-refractivity contribution in [1.82, 2.24) is 0 Å². The zero-order valence-corrected chi connectivity index (χ0v) is 9.27. The van der Waals surface area contributed by atoms with Crippen LogP contribution < -0.4 is 0 Å². The zero-order valence-electron chi connectivity index (χ0n) is 8.45. The summed E-state index contributed by atoms with van der Waals surface area (Å²) in [5, 5.41) is 20.3. The van der Waals surface area contributed by atoms with Crippen LogP contribution in [0.15, 0.2) is 28.3 Å². The van der Waals surface area contributed by atoms with Crippen LogP contribution in [0, 0.1) is 5.41 Å². The summed E-state index contributed by atoms with van der Waals surface area (Å²) in [4.78, 5) is 1.02. The first-order chi connectivity index (χ1) is 7.22. The highest BCUT2D eigenvalue weighted by atomic mass is 32.2. The van der Waals surface area contributed by atoms with Gasteiger partial charge in [0.15, 0.2) is 0 Å². The summed E-state index contributed by atoms with van der Waals surface area (Å²) in [6.45, 7) is 1.76. The predicted octanol–water partition coefficient (Wildman–Crippen LogP) is 2.90. The monoisotopic (exact) mass is 220 g/mol. The van der Waals surface area contributed by atoms with Crippen LogP contribution in [-0.4, -0.2) is 16.0 Å². The van der Waals surface area contributed by atoms with E-state index < -0.39 is 0 Å². The lowest BCUT2D eigenvalue weighted by molar-refractivity contribution is 0.318. The molecule has 0 radical (unpaired) electrons. The number of aryl methyl sites for hydroxylation is 1. The Balaban J connectivity index is 2.49. The Morgan fingerprint density at radius 2 is 2.27 bits per heavy atom. The molecule has 3 nitrogen and oxygen atoms in total. The smallest absolute Gasteiger partial charge is 0.0885 e. The Morgan fingerprint density at radius 1 is 1.47 bits per heavy atom. The van der Waals surface area contributed by atoms with Gasteiger partial charge in [-0.2, -0.15) is 0 Å². The highest BCUT2D eigenvalue weighted by molar-refractivity contribution is 8.13. The first-order valence-corrected chi connectivity index (χ1v) is 5.60. The molecule has 4 heteroatoms. The molecule has 1 aliphatic carbocycles. The molecular formula is C11H12N2OS. The first-order valence-electron chi connectivity index (χ1n) is 4.78. The topological polar surface area (TPSA) is 56.4 Å². The van der Waals surface area contributed by atoms with Crippen molar-refractivity contribution < 1.29 is 5.21 Å². The number of oxime groups is 1. The molecule has 0 amide bonds. The molecular weight excluding hydrogens is 208 g/mol. The van der Waals surface area contributed by atoms with E-state index in [0.29, 0.717) is 5.04 Å². The summed E-state index contributed by atoms with van der Waals surface area (Å²) < 4.78 is 0. The van der Waals surface area contributed by atoms with E-state index in [0.717, 1.165) is 29.0 Å². The van der Waals surface area contributed by atoms with Crippen LogP contribution in [0.4, 0.5) is 0 Å². The molecule has 0 unspecified atom stereocenters. The van der Waals surface area contributed by atoms with Crippen molar-refractivity contribution in [1.29, 1.82) is 5.41 Å². The van der Waals surface area contributed by atoms with Crippen molar-refractivity contribution in [2.75, 3.05) is 0 Å². The molecule has 78 valence electrons. The van der Waals surface area contributed by atoms with E-state index in [4.69, 9.17) is 10.6 Å². The van der Waals surface area contributed by atoms with Crippen molar-refractivity contribution in [3.05, 3.63) is 29.3 Å². The van der Waals surface area contributed by atoms with Gasteiger partial charge in [-0.15, -0.1) is 0 Å². The quantitative estimate of drug-likeness (QED) is 0.251. The van der Waals surface area contributed by atoms with E-state index in [1.54, 1.807) is 6.92 Å². The Morgan fingerprint density at radius 3 is 2.93 bits per heavy atom. The van der Waals surface area contributed by atoms with Crippen LogP contribution in [0.5, 0.6) is 0 Å². The molecule has 0 fully saturated rings. The summed E-state index contributed by atoms with van der Waals surface area (Å²) in [7, 11) is 0. The van der Waals surface area contributed by atoms with E-state index in [1.807, 2.05) is 12.1 Å². The number of hydrogen-bond donors (Lipinski definition) is 2. The molecule has 0 bridgehead atoms. The molecule has 0 aromatic heterocycles. The van der Waals surface area contributed by atoms with E-state index in [2.05, 4.69) is 11.2 Å². The number of rotatable bonds is 1. The molecule has 2 rings (SSSR count). The second-order valence-electron chi connectivity index (χ2n) is 3.50. The van der Waals surface area contributed by atoms with Crippen LogP contribution in [0.2, 0.25) is 0 Å². The first kappa shape index (κ1) is 10.2. The zero-order chi connectivity index (χ0) is 10.8. The van der Waals surface area contributed by atoms with Gasteiger partial charge < -0.3 is 5.21 Å². The number of thioether (sulfide) groups is 1. The maximum atomic E-state index is 8.90. The lowest BCUT2D eigenvalue weighted by Gasteiger charge is -2.06. The minimum absolute atomic E-state index is 0.549. The summed E-state index contributed by atoms with van der Waals surface area (Å²) in [5.41, 5.74) is 2.99. The highest BCUT2D eigenvalue weighted by Gasteiger charge is 2.21. The molecule has 0 atom stereocenters. The molecule has 1 aliphatic rings. The summed E-state index contributed by atoms with van der Waals surface area (Å²) in [6.07, 6.45) is 1.72. The van der Waals surface area contributed by atoms with Gasteiger partial charge in [-0.1, -0.05) is 29.1 Å². The van der Waals surface area contributed by atoms with Gasteiger partial charge in [0.05, 0.1) is 10.8 Å². The Labute approximate surface area is 92.7 Å². The van der Waals surface area contributed by atoms with Gasteiger partial charge in [0.1, 0.15) is 0 Å². The predicted molar refractivity (Wildman–Crippen MR) is 62.3 cm³/mol. The molecule has 2 N–H and O–H groups in total. The number of fused-ring (bicyclic) bond motifs is 1. The highest BCUT2D eigenvalue weighted by Crippen LogP contribution is 2.32. The van der Waals surface area contributed by atoms with Crippen molar-refractivity contribution in [2.45, 2.75) is 24.7 Å². The second-order valence-corrected chi connectivity index (χ2v) is 4.75. The van der Waals surface area contributed by atoms with Crippen LogP contribution in [0.3, 0.4) is 0 Å². The van der Waals surface area contributed by atoms with Crippen molar-refractivity contribution in [3.63, 3.8) is 0 Å². The standard InChI is InChI=1S/C11H12N2OS/c1-7(12)15-10-4-2-3-8-5-6-9(13-14)11(8)10/h2-4,12,14H,5-6H2,1H3/b12-7?,13-9+. The Kier molecular flexibility index (Phi) is 2.77. The number of nitrogens with one attached hydrogen (secondary N) is 1. The van der Waals surface area contributed by atoms with E-state index in [1.165, 1.54) is 17.3 Å². The van der Waals surface area contributed by atoms with Gasteiger partial charge in [0.25, 0.3) is 0 Å². The number of nitrogens with zero attached hydrogens (tertiary/aromatic N) is 1. The fourth-order valence-electron chi connectivity index (χ4n) is 1.84. The van der Waals surface area contributed by atoms with Crippen molar-refractivity contribution in [2.24, 2.45) is 5.16 Å². The largest absolute Gasteiger partial charge is 0.411 e. The molecule has 0 spiro atoms. The van der Waals surface area contributed by atoms with Crippen LogP contribution in [-0.2, 0) is 6.42 Å². The van der Waals surface area contributed by atoms with E-state index in [9.17, 15) is 0 Å². The van der Waals surface area contributed by atoms with E-state index >= 15 is 0 Å². The molecule has 0 saturated carbocycles. The van der Waals surface area contributed by atoms with Crippen LogP contribution in [0.1, 0.15) is 24.5 Å². The average molecular weight is 220 g/mol. The van der Waals surface area contributed by atoms with Gasteiger partial charge in [-0.05, 0) is 31.4 Å². The van der Waals surface area contributed by atoms with Gasteiger partial charge >= 0.3 is 0 Å². The third-order valence-electron chi connectivity index (χ3n) is 2.42. The summed E-state index contributed by atoms with van der Waals surface area (Å²) in [6, 6.07) is 6.01. The molecule has 1 aromatic rings. The second kappa shape index (κ2) is 4.06. The molecule has 1 aromatic carbocycles. The molecule has 15 heavy (non-hydrogen) atoms. The molecule has 0 saturated heterocycles. The van der Waals surface area contributed by atoms with Gasteiger partial charge in [-0.3, -0.25) is 5.41 Å². The van der Waals surface area contributed by atoms with Gasteiger partial charge in [0.2, 0.25) is 0 Å². The average Bonchev–Trinajstić information content (AvgIpc) is 2.61. The third-order valence-corrected chi connectivity index (χ3v) is 3.28. The lowest BCUT2D eigenvalue weighted by Crippen LogP contribution is -1.97. The lowest BCUT2D eigenvalue weighted by atomic mass is 10.1. The van der Waals surface area contributed by atoms with Crippen molar-refractivity contribution >= 4 is 22.5 Å². The van der Waals surface area contributed by atoms with Gasteiger partial charge in [-0.25, -0.2) is 0 Å². The molecule has 0 heterocycles. The normalized spacial score (nSPS) is 16.7. The Bertz CT molecular complexity index is 440. The fourth-order valence-corrected chi connectivity index (χ4v) is 2.67. The maximum absolute atomic E-state index is 8.90. The maximum Gasteiger partial charge on any atom is 0.0885 e. The van der Waals surface area contributed by atoms with Crippen molar-refractivity contribution in [3.8, 4) is 0 Å². The number of hydrogen-bond acceptors (Lipinski definition) is 4. The summed E-state index contributed by atoms with van der Waals surface area (Å²) in [5.74, 6) is 0. The number of benzene rings is 1. The SMILES string of the molecule is CC(=N)Sc1cccc2c1/C(=N/O)CC2.